The number of piperidine rings is 1. The highest BCUT2D eigenvalue weighted by Gasteiger charge is 2.55. The van der Waals surface area contributed by atoms with Crippen LogP contribution >= 0.6 is 0 Å². The summed E-state index contributed by atoms with van der Waals surface area (Å²) in [5.74, 6) is 0.311. The molecule has 2 N–H and O–H groups in total. The van der Waals surface area contributed by atoms with Gasteiger partial charge in [-0.15, -0.1) is 0 Å². The average Bonchev–Trinajstić information content (AvgIpc) is 2.49. The summed E-state index contributed by atoms with van der Waals surface area (Å²) in [5.41, 5.74) is -0.304. The number of ether oxygens (including phenoxy) is 1. The standard InChI is InChI=1S/C18H26N2O3/c1-17(2)12-15(21)20-16(22)18(17,9-6-10-19-3)13-7-5-8-14(11-13)23-4/h5,7-8,11,19H,6,9-10,12H2,1-4H3,(H,20,21,22)/t18-/m0/s1. The van der Waals surface area contributed by atoms with Crippen molar-refractivity contribution in [2.24, 2.45) is 5.41 Å². The second-order valence-corrected chi connectivity index (χ2v) is 6.78. The molecule has 0 spiro atoms. The van der Waals surface area contributed by atoms with E-state index in [1.807, 2.05) is 45.2 Å². The fraction of sp³-hybridized carbons (Fsp3) is 0.556. The third kappa shape index (κ3) is 3.11. The van der Waals surface area contributed by atoms with E-state index in [0.29, 0.717) is 12.8 Å². The minimum absolute atomic E-state index is 0.202. The van der Waals surface area contributed by atoms with Gasteiger partial charge in [-0.05, 0) is 49.5 Å². The Kier molecular flexibility index (Phi) is 5.09. The lowest BCUT2D eigenvalue weighted by molar-refractivity contribution is -0.145. The lowest BCUT2D eigenvalue weighted by Crippen LogP contribution is -2.61. The highest BCUT2D eigenvalue weighted by molar-refractivity contribution is 6.04. The summed E-state index contributed by atoms with van der Waals surface area (Å²) in [4.78, 5) is 24.8. The fourth-order valence-electron chi connectivity index (χ4n) is 3.67. The monoisotopic (exact) mass is 318 g/mol. The first kappa shape index (κ1) is 17.5. The van der Waals surface area contributed by atoms with Gasteiger partial charge in [-0.2, -0.15) is 0 Å². The molecule has 1 saturated heterocycles. The maximum Gasteiger partial charge on any atom is 0.237 e. The number of amides is 2. The molecular formula is C18H26N2O3. The summed E-state index contributed by atoms with van der Waals surface area (Å²) < 4.78 is 5.33. The van der Waals surface area contributed by atoms with Crippen molar-refractivity contribution < 1.29 is 14.3 Å². The molecule has 0 aromatic heterocycles. The van der Waals surface area contributed by atoms with Gasteiger partial charge in [0.2, 0.25) is 11.8 Å². The van der Waals surface area contributed by atoms with Gasteiger partial charge >= 0.3 is 0 Å². The van der Waals surface area contributed by atoms with Gasteiger partial charge in [0.05, 0.1) is 12.5 Å². The topological polar surface area (TPSA) is 67.4 Å². The van der Waals surface area contributed by atoms with Crippen LogP contribution < -0.4 is 15.4 Å². The number of hydrogen-bond acceptors (Lipinski definition) is 4. The summed E-state index contributed by atoms with van der Waals surface area (Å²) >= 11 is 0. The molecule has 23 heavy (non-hydrogen) atoms. The SMILES string of the molecule is CNCCC[C@]1(c2cccc(OC)c2)C(=O)NC(=O)CC1(C)C. The Labute approximate surface area is 137 Å². The molecule has 1 aromatic carbocycles. The summed E-state index contributed by atoms with van der Waals surface area (Å²) in [7, 11) is 3.51. The van der Waals surface area contributed by atoms with E-state index < -0.39 is 10.8 Å². The molecule has 0 unspecified atom stereocenters. The molecule has 1 aromatic rings. The number of benzene rings is 1. The molecule has 5 heteroatoms. The van der Waals surface area contributed by atoms with Gasteiger partial charge in [-0.1, -0.05) is 26.0 Å². The second kappa shape index (κ2) is 6.71. The maximum absolute atomic E-state index is 12.9. The summed E-state index contributed by atoms with van der Waals surface area (Å²) in [5, 5.41) is 5.68. The molecular weight excluding hydrogens is 292 g/mol. The number of imide groups is 1. The van der Waals surface area contributed by atoms with Gasteiger partial charge in [0.15, 0.2) is 0 Å². The zero-order valence-electron chi connectivity index (χ0n) is 14.4. The van der Waals surface area contributed by atoms with Crippen molar-refractivity contribution >= 4 is 11.8 Å². The Bertz CT molecular complexity index is 598. The van der Waals surface area contributed by atoms with Gasteiger partial charge in [0.25, 0.3) is 0 Å². The molecule has 0 saturated carbocycles. The highest BCUT2D eigenvalue weighted by Crippen LogP contribution is 2.50. The number of carbonyl (C=O) groups is 2. The molecule has 1 aliphatic heterocycles. The van der Waals surface area contributed by atoms with Crippen LogP contribution in [0.4, 0.5) is 0 Å². The molecule has 2 amide bonds. The number of nitrogens with one attached hydrogen (secondary N) is 2. The van der Waals surface area contributed by atoms with Crippen LogP contribution in [0.15, 0.2) is 24.3 Å². The van der Waals surface area contributed by atoms with E-state index in [1.54, 1.807) is 7.11 Å². The van der Waals surface area contributed by atoms with Crippen LogP contribution in [0, 0.1) is 5.41 Å². The number of methoxy groups -OCH3 is 1. The molecule has 5 nitrogen and oxygen atoms in total. The molecule has 2 rings (SSSR count). The van der Waals surface area contributed by atoms with E-state index in [0.717, 1.165) is 24.3 Å². The predicted molar refractivity (Wildman–Crippen MR) is 89.4 cm³/mol. The summed E-state index contributed by atoms with van der Waals surface area (Å²) in [6, 6.07) is 7.63. The Morgan fingerprint density at radius 1 is 1.30 bits per heavy atom. The quantitative estimate of drug-likeness (QED) is 0.622. The molecule has 0 radical (unpaired) electrons. The molecule has 1 aliphatic rings. The van der Waals surface area contributed by atoms with Crippen molar-refractivity contribution in [3.63, 3.8) is 0 Å². The molecule has 126 valence electrons. The highest BCUT2D eigenvalue weighted by atomic mass is 16.5. The van der Waals surface area contributed by atoms with Crippen LogP contribution in [0.3, 0.4) is 0 Å². The fourth-order valence-corrected chi connectivity index (χ4v) is 3.67. The first-order valence-corrected chi connectivity index (χ1v) is 8.01. The molecule has 1 fully saturated rings. The van der Waals surface area contributed by atoms with Crippen molar-refractivity contribution in [3.05, 3.63) is 29.8 Å². The van der Waals surface area contributed by atoms with Crippen LogP contribution in [0.25, 0.3) is 0 Å². The maximum atomic E-state index is 12.9. The predicted octanol–water partition coefficient (Wildman–Crippen LogP) is 2.01. The van der Waals surface area contributed by atoms with Gasteiger partial charge in [-0.25, -0.2) is 0 Å². The van der Waals surface area contributed by atoms with Crippen molar-refractivity contribution in [3.8, 4) is 5.75 Å². The van der Waals surface area contributed by atoms with E-state index in [1.165, 1.54) is 0 Å². The Morgan fingerprint density at radius 2 is 2.04 bits per heavy atom. The number of rotatable bonds is 6. The normalized spacial score (nSPS) is 23.5. The lowest BCUT2D eigenvalue weighted by atomic mass is 9.56. The van der Waals surface area contributed by atoms with Gasteiger partial charge in [0.1, 0.15) is 5.75 Å². The van der Waals surface area contributed by atoms with Crippen LogP contribution in [-0.4, -0.2) is 32.5 Å². The van der Waals surface area contributed by atoms with E-state index in [4.69, 9.17) is 4.74 Å². The first-order valence-electron chi connectivity index (χ1n) is 8.01. The third-order valence-electron chi connectivity index (χ3n) is 4.94. The van der Waals surface area contributed by atoms with E-state index >= 15 is 0 Å². The second-order valence-electron chi connectivity index (χ2n) is 6.78. The van der Waals surface area contributed by atoms with Crippen LogP contribution in [0.1, 0.15) is 38.7 Å². The average molecular weight is 318 g/mol. The van der Waals surface area contributed by atoms with Crippen molar-refractivity contribution in [1.82, 2.24) is 10.6 Å². The molecule has 0 bridgehead atoms. The molecule has 1 heterocycles. The van der Waals surface area contributed by atoms with E-state index in [9.17, 15) is 9.59 Å². The van der Waals surface area contributed by atoms with Crippen LogP contribution in [0.5, 0.6) is 5.75 Å². The van der Waals surface area contributed by atoms with Crippen molar-refractivity contribution in [2.75, 3.05) is 20.7 Å². The van der Waals surface area contributed by atoms with Gasteiger partial charge in [0, 0.05) is 6.42 Å². The summed E-state index contributed by atoms with van der Waals surface area (Å²) in [6.07, 6.45) is 1.85. The third-order valence-corrected chi connectivity index (χ3v) is 4.94. The largest absolute Gasteiger partial charge is 0.497 e. The molecule has 0 aliphatic carbocycles. The zero-order valence-corrected chi connectivity index (χ0v) is 14.4. The van der Waals surface area contributed by atoms with Crippen LogP contribution in [0.2, 0.25) is 0 Å². The Hall–Kier alpha value is -1.88. The van der Waals surface area contributed by atoms with Crippen molar-refractivity contribution in [2.45, 2.75) is 38.5 Å². The number of hydrogen-bond donors (Lipinski definition) is 2. The zero-order chi connectivity index (χ0) is 17.1. The van der Waals surface area contributed by atoms with Crippen molar-refractivity contribution in [1.29, 1.82) is 0 Å². The minimum atomic E-state index is -0.744. The minimum Gasteiger partial charge on any atom is -0.497 e. The van der Waals surface area contributed by atoms with E-state index in [-0.39, 0.29) is 11.8 Å². The lowest BCUT2D eigenvalue weighted by Gasteiger charge is -2.48. The van der Waals surface area contributed by atoms with Crippen LogP contribution in [-0.2, 0) is 15.0 Å². The van der Waals surface area contributed by atoms with E-state index in [2.05, 4.69) is 10.6 Å². The van der Waals surface area contributed by atoms with Gasteiger partial charge in [-0.3, -0.25) is 14.9 Å². The Balaban J connectivity index is 2.54. The van der Waals surface area contributed by atoms with Gasteiger partial charge < -0.3 is 10.1 Å². The number of carbonyl (C=O) groups excluding carboxylic acids is 2. The Morgan fingerprint density at radius 3 is 2.65 bits per heavy atom. The smallest absolute Gasteiger partial charge is 0.237 e. The summed E-state index contributed by atoms with van der Waals surface area (Å²) in [6.45, 7) is 4.83. The first-order chi connectivity index (χ1) is 10.9. The molecule has 1 atom stereocenters.